The summed E-state index contributed by atoms with van der Waals surface area (Å²) in [5.41, 5.74) is 5.62. The Morgan fingerprint density at radius 3 is 2.50 bits per heavy atom. The molecule has 1 aliphatic rings. The van der Waals surface area contributed by atoms with Crippen molar-refractivity contribution >= 4 is 28.2 Å². The molecule has 8 nitrogen and oxygen atoms in total. The number of methoxy groups -OCH3 is 2. The predicted octanol–water partition coefficient (Wildman–Crippen LogP) is 4.35. The molecule has 1 fully saturated rings. The molecule has 0 bridgehead atoms. The minimum Gasteiger partial charge on any atom is -0.493 e. The molecule has 0 amide bonds. The van der Waals surface area contributed by atoms with E-state index in [0.29, 0.717) is 0 Å². The maximum absolute atomic E-state index is 6.35. The van der Waals surface area contributed by atoms with E-state index in [1.807, 2.05) is 30.5 Å². The van der Waals surface area contributed by atoms with Crippen LogP contribution < -0.4 is 14.4 Å². The molecular weight excluding hydrogens is 476 g/mol. The summed E-state index contributed by atoms with van der Waals surface area (Å²) in [6, 6.07) is 10.2. The number of benzene rings is 2. The van der Waals surface area contributed by atoms with Crippen LogP contribution in [0.3, 0.4) is 0 Å². The number of nitrogens with zero attached hydrogens (tertiary/aromatic N) is 5. The Labute approximate surface area is 216 Å². The summed E-state index contributed by atoms with van der Waals surface area (Å²) in [5, 5.41) is 6.96. The van der Waals surface area contributed by atoms with E-state index in [0.717, 1.165) is 96.5 Å². The van der Waals surface area contributed by atoms with Gasteiger partial charge in [0, 0.05) is 66.8 Å². The summed E-state index contributed by atoms with van der Waals surface area (Å²) in [6.07, 6.45) is 5.25. The number of hydrogen-bond acceptors (Lipinski definition) is 6. The number of imidazole rings is 1. The predicted molar refractivity (Wildman–Crippen MR) is 144 cm³/mol. The fourth-order valence-electron chi connectivity index (χ4n) is 4.98. The van der Waals surface area contributed by atoms with Crippen LogP contribution in [0.1, 0.15) is 17.0 Å². The highest BCUT2D eigenvalue weighted by Crippen LogP contribution is 2.34. The van der Waals surface area contributed by atoms with E-state index in [-0.39, 0.29) is 0 Å². The van der Waals surface area contributed by atoms with Crippen molar-refractivity contribution in [2.75, 3.05) is 51.8 Å². The molecule has 190 valence electrons. The topological polar surface area (TPSA) is 71.4 Å². The number of aryl methyl sites for hydroxylation is 2. The van der Waals surface area contributed by atoms with Gasteiger partial charge >= 0.3 is 0 Å². The highest BCUT2D eigenvalue weighted by atomic mass is 35.5. The third-order valence-corrected chi connectivity index (χ3v) is 7.51. The van der Waals surface area contributed by atoms with Gasteiger partial charge in [-0.05, 0) is 43.5 Å². The van der Waals surface area contributed by atoms with Gasteiger partial charge in [0.2, 0.25) is 0 Å². The molecule has 0 radical (unpaired) electrons. The standard InChI is InChI=1S/C27H33ClN6O2/c1-19-22(28)5-4-6-24(19)33-12-9-32(10-13-33)11-14-34-25-16-27(36-3)26(35-2)15-21(25)23(31-34)8-7-20-17-29-18-30-20/h4-6,15-18H,7-14H2,1-3H3,(H,29,30). The number of halogens is 1. The van der Waals surface area contributed by atoms with Crippen LogP contribution in [0.2, 0.25) is 5.02 Å². The third kappa shape index (κ3) is 5.01. The Morgan fingerprint density at radius 1 is 1.00 bits per heavy atom. The monoisotopic (exact) mass is 508 g/mol. The quantitative estimate of drug-likeness (QED) is 0.362. The van der Waals surface area contributed by atoms with Crippen molar-refractivity contribution in [1.82, 2.24) is 24.6 Å². The van der Waals surface area contributed by atoms with E-state index < -0.39 is 0 Å². The summed E-state index contributed by atoms with van der Waals surface area (Å²) in [6.45, 7) is 7.84. The molecule has 1 saturated heterocycles. The van der Waals surface area contributed by atoms with E-state index in [1.54, 1.807) is 20.5 Å². The fraction of sp³-hybridized carbons (Fsp3) is 0.407. The molecule has 0 spiro atoms. The maximum atomic E-state index is 6.35. The first kappa shape index (κ1) is 24.5. The van der Waals surface area contributed by atoms with Gasteiger partial charge in [0.25, 0.3) is 0 Å². The number of rotatable bonds is 9. The number of aromatic amines is 1. The second-order valence-electron chi connectivity index (χ2n) is 9.18. The molecule has 1 N–H and O–H groups in total. The van der Waals surface area contributed by atoms with Crippen LogP contribution in [0.15, 0.2) is 42.9 Å². The van der Waals surface area contributed by atoms with Crippen LogP contribution in [-0.4, -0.2) is 71.6 Å². The number of ether oxygens (including phenoxy) is 2. The molecule has 3 heterocycles. The second-order valence-corrected chi connectivity index (χ2v) is 9.59. The third-order valence-electron chi connectivity index (χ3n) is 7.10. The highest BCUT2D eigenvalue weighted by Gasteiger charge is 2.20. The molecule has 0 saturated carbocycles. The van der Waals surface area contributed by atoms with Gasteiger partial charge in [-0.1, -0.05) is 17.7 Å². The summed E-state index contributed by atoms with van der Waals surface area (Å²) >= 11 is 6.35. The Kier molecular flexibility index (Phi) is 7.34. The Hall–Kier alpha value is -3.23. The highest BCUT2D eigenvalue weighted by molar-refractivity contribution is 6.31. The van der Waals surface area contributed by atoms with Crippen LogP contribution in [0.4, 0.5) is 5.69 Å². The zero-order chi connectivity index (χ0) is 25.1. The van der Waals surface area contributed by atoms with Crippen molar-refractivity contribution in [3.05, 3.63) is 64.8 Å². The van der Waals surface area contributed by atoms with E-state index in [2.05, 4.69) is 37.4 Å². The molecule has 1 aliphatic heterocycles. The Bertz CT molecular complexity index is 1310. The maximum Gasteiger partial charge on any atom is 0.162 e. The van der Waals surface area contributed by atoms with Crippen molar-refractivity contribution in [1.29, 1.82) is 0 Å². The number of aromatic nitrogens is 4. The zero-order valence-corrected chi connectivity index (χ0v) is 21.9. The summed E-state index contributed by atoms with van der Waals surface area (Å²) in [5.74, 6) is 1.44. The van der Waals surface area contributed by atoms with Crippen molar-refractivity contribution in [3.8, 4) is 11.5 Å². The van der Waals surface area contributed by atoms with Crippen molar-refractivity contribution < 1.29 is 9.47 Å². The van der Waals surface area contributed by atoms with Crippen LogP contribution in [-0.2, 0) is 19.4 Å². The molecule has 9 heteroatoms. The van der Waals surface area contributed by atoms with Gasteiger partial charge in [0.1, 0.15) is 0 Å². The van der Waals surface area contributed by atoms with Crippen LogP contribution >= 0.6 is 11.6 Å². The minimum absolute atomic E-state index is 0.719. The summed E-state index contributed by atoms with van der Waals surface area (Å²) < 4.78 is 13.3. The molecule has 2 aromatic carbocycles. The number of fused-ring (bicyclic) bond motifs is 1. The molecule has 36 heavy (non-hydrogen) atoms. The van der Waals surface area contributed by atoms with Crippen molar-refractivity contribution in [2.24, 2.45) is 0 Å². The molecule has 0 aliphatic carbocycles. The normalized spacial score (nSPS) is 14.5. The SMILES string of the molecule is COc1cc2c(CCc3cnc[nH]3)nn(CCN3CCN(c4cccc(Cl)c4C)CC3)c2cc1OC. The first-order valence-electron chi connectivity index (χ1n) is 12.4. The smallest absolute Gasteiger partial charge is 0.162 e. The van der Waals surface area contributed by atoms with Crippen LogP contribution in [0.5, 0.6) is 11.5 Å². The number of hydrogen-bond donors (Lipinski definition) is 1. The molecule has 5 rings (SSSR count). The van der Waals surface area contributed by atoms with Crippen LogP contribution in [0.25, 0.3) is 10.9 Å². The summed E-state index contributed by atoms with van der Waals surface area (Å²) in [4.78, 5) is 12.3. The zero-order valence-electron chi connectivity index (χ0n) is 21.1. The van der Waals surface area contributed by atoms with Gasteiger partial charge in [0.05, 0.1) is 38.3 Å². The van der Waals surface area contributed by atoms with E-state index >= 15 is 0 Å². The van der Waals surface area contributed by atoms with Gasteiger partial charge < -0.3 is 19.4 Å². The number of piperazine rings is 1. The van der Waals surface area contributed by atoms with Crippen molar-refractivity contribution in [3.63, 3.8) is 0 Å². The average Bonchev–Trinajstić information content (AvgIpc) is 3.55. The minimum atomic E-state index is 0.719. The molecular formula is C27H33ClN6O2. The Morgan fingerprint density at radius 2 is 1.78 bits per heavy atom. The largest absolute Gasteiger partial charge is 0.493 e. The molecule has 4 aromatic rings. The lowest BCUT2D eigenvalue weighted by atomic mass is 10.1. The first-order valence-corrected chi connectivity index (χ1v) is 12.8. The van der Waals surface area contributed by atoms with Crippen molar-refractivity contribution in [2.45, 2.75) is 26.3 Å². The van der Waals surface area contributed by atoms with Gasteiger partial charge in [-0.15, -0.1) is 0 Å². The number of H-pyrrole nitrogens is 1. The lowest BCUT2D eigenvalue weighted by Gasteiger charge is -2.37. The van der Waals surface area contributed by atoms with E-state index in [9.17, 15) is 0 Å². The van der Waals surface area contributed by atoms with Gasteiger partial charge in [-0.2, -0.15) is 5.10 Å². The van der Waals surface area contributed by atoms with Gasteiger partial charge in [0.15, 0.2) is 11.5 Å². The van der Waals surface area contributed by atoms with Gasteiger partial charge in [-0.3, -0.25) is 9.58 Å². The average molecular weight is 509 g/mol. The van der Waals surface area contributed by atoms with E-state index in [1.165, 1.54) is 5.69 Å². The number of nitrogens with one attached hydrogen (secondary N) is 1. The lowest BCUT2D eigenvalue weighted by Crippen LogP contribution is -2.47. The summed E-state index contributed by atoms with van der Waals surface area (Å²) in [7, 11) is 3.34. The fourth-order valence-corrected chi connectivity index (χ4v) is 5.15. The molecule has 0 atom stereocenters. The number of anilines is 1. The van der Waals surface area contributed by atoms with Crippen LogP contribution in [0, 0.1) is 6.92 Å². The van der Waals surface area contributed by atoms with Gasteiger partial charge in [-0.25, -0.2) is 4.98 Å². The first-order chi connectivity index (χ1) is 17.6. The van der Waals surface area contributed by atoms with E-state index in [4.69, 9.17) is 26.2 Å². The Balaban J connectivity index is 1.30. The molecule has 0 unspecified atom stereocenters. The molecule has 2 aromatic heterocycles. The second kappa shape index (κ2) is 10.8. The lowest BCUT2D eigenvalue weighted by molar-refractivity contribution is 0.245.